The number of aliphatic hydroxyl groups excluding tert-OH is 1. The maximum Gasteiger partial charge on any atom is 0.337 e. The fourth-order valence-corrected chi connectivity index (χ4v) is 0.895. The minimum absolute atomic E-state index is 0.838. The fraction of sp³-hybridized carbons (Fsp3) is 0.125. The Morgan fingerprint density at radius 2 is 1.77 bits per heavy atom. The van der Waals surface area contributed by atoms with Crippen molar-refractivity contribution in [3.63, 3.8) is 0 Å². The number of rotatable bonds is 2. The number of hydrogen-bond acceptors (Lipinski definition) is 2. The van der Waals surface area contributed by atoms with Crippen molar-refractivity contribution in [3.05, 3.63) is 35.4 Å². The van der Waals surface area contributed by atoms with Crippen LogP contribution in [0.4, 0.5) is 8.78 Å². The molecule has 3 nitrogen and oxygen atoms in total. The van der Waals surface area contributed by atoms with Crippen LogP contribution in [0, 0.1) is 11.6 Å². The van der Waals surface area contributed by atoms with Crippen LogP contribution in [0.5, 0.6) is 0 Å². The van der Waals surface area contributed by atoms with Gasteiger partial charge in [0.15, 0.2) is 6.10 Å². The van der Waals surface area contributed by atoms with Crippen molar-refractivity contribution in [1.82, 2.24) is 0 Å². The van der Waals surface area contributed by atoms with E-state index in [4.69, 9.17) is 10.2 Å². The van der Waals surface area contributed by atoms with Gasteiger partial charge < -0.3 is 10.2 Å². The number of aliphatic carboxylic acids is 1. The Hall–Kier alpha value is -1.49. The molecule has 70 valence electrons. The van der Waals surface area contributed by atoms with E-state index in [2.05, 4.69) is 0 Å². The summed E-state index contributed by atoms with van der Waals surface area (Å²) in [6.45, 7) is 0. The molecule has 1 unspecified atom stereocenters. The molecule has 2 N–H and O–H groups in total. The van der Waals surface area contributed by atoms with Crippen molar-refractivity contribution >= 4 is 5.97 Å². The van der Waals surface area contributed by atoms with Crippen LogP contribution in [0.15, 0.2) is 18.2 Å². The van der Waals surface area contributed by atoms with Crippen molar-refractivity contribution < 1.29 is 23.8 Å². The Labute approximate surface area is 72.2 Å². The first-order valence-corrected chi connectivity index (χ1v) is 3.39. The van der Waals surface area contributed by atoms with E-state index >= 15 is 0 Å². The molecule has 0 radical (unpaired) electrons. The molecular weight excluding hydrogens is 182 g/mol. The van der Waals surface area contributed by atoms with Gasteiger partial charge in [0, 0.05) is 0 Å². The van der Waals surface area contributed by atoms with E-state index in [1.54, 1.807) is 0 Å². The molecule has 1 atom stereocenters. The largest absolute Gasteiger partial charge is 0.479 e. The maximum atomic E-state index is 12.8. The van der Waals surface area contributed by atoms with Crippen LogP contribution < -0.4 is 0 Å². The second-order valence-electron chi connectivity index (χ2n) is 2.38. The Morgan fingerprint density at radius 3 is 2.15 bits per heavy atom. The van der Waals surface area contributed by atoms with Crippen LogP contribution in [-0.4, -0.2) is 16.2 Å². The monoisotopic (exact) mass is 188 g/mol. The van der Waals surface area contributed by atoms with Gasteiger partial charge >= 0.3 is 5.97 Å². The molecule has 0 aliphatic heterocycles. The normalized spacial score (nSPS) is 12.5. The van der Waals surface area contributed by atoms with E-state index in [9.17, 15) is 13.6 Å². The minimum atomic E-state index is -2.17. The number of hydrogen-bond donors (Lipinski definition) is 2. The molecule has 0 saturated heterocycles. The predicted molar refractivity (Wildman–Crippen MR) is 39.0 cm³/mol. The van der Waals surface area contributed by atoms with E-state index in [1.165, 1.54) is 0 Å². The number of aliphatic hydroxyl groups is 1. The highest BCUT2D eigenvalue weighted by molar-refractivity contribution is 5.74. The smallest absolute Gasteiger partial charge is 0.337 e. The number of carboxylic acids is 1. The molecule has 0 heterocycles. The molecule has 0 fully saturated rings. The van der Waals surface area contributed by atoms with E-state index in [1.807, 2.05) is 0 Å². The third kappa shape index (κ3) is 1.81. The van der Waals surface area contributed by atoms with Crippen LogP contribution in [0.25, 0.3) is 0 Å². The van der Waals surface area contributed by atoms with Crippen LogP contribution in [0.2, 0.25) is 0 Å². The number of carbonyl (C=O) groups is 1. The van der Waals surface area contributed by atoms with E-state index < -0.39 is 29.3 Å². The van der Waals surface area contributed by atoms with E-state index in [0.29, 0.717) is 0 Å². The van der Waals surface area contributed by atoms with Gasteiger partial charge in [-0.3, -0.25) is 0 Å². The molecule has 1 aromatic rings. The minimum Gasteiger partial charge on any atom is -0.479 e. The Balaban J connectivity index is 3.20. The standard InChI is InChI=1S/C8H6F2O3/c9-4-2-1-3-5(10)6(4)7(11)8(12)13/h1-3,7,11H,(H,12,13). The quantitative estimate of drug-likeness (QED) is 0.730. The molecule has 0 aliphatic carbocycles. The zero-order valence-electron chi connectivity index (χ0n) is 6.37. The zero-order valence-corrected chi connectivity index (χ0v) is 6.37. The Bertz CT molecular complexity index is 318. The molecule has 1 aromatic carbocycles. The summed E-state index contributed by atoms with van der Waals surface area (Å²) in [4.78, 5) is 10.2. The average molecular weight is 188 g/mol. The highest BCUT2D eigenvalue weighted by atomic mass is 19.1. The summed E-state index contributed by atoms with van der Waals surface area (Å²) in [6, 6.07) is 2.85. The van der Waals surface area contributed by atoms with Crippen LogP contribution >= 0.6 is 0 Å². The molecule has 1 rings (SSSR count). The molecule has 0 amide bonds. The summed E-state index contributed by atoms with van der Waals surface area (Å²) in [6.07, 6.45) is -2.17. The summed E-state index contributed by atoms with van der Waals surface area (Å²) in [7, 11) is 0. The van der Waals surface area contributed by atoms with Crippen molar-refractivity contribution in [1.29, 1.82) is 0 Å². The van der Waals surface area contributed by atoms with Crippen LogP contribution in [-0.2, 0) is 4.79 Å². The summed E-state index contributed by atoms with van der Waals surface area (Å²) in [5.74, 6) is -3.84. The van der Waals surface area contributed by atoms with Crippen LogP contribution in [0.3, 0.4) is 0 Å². The van der Waals surface area contributed by atoms with Gasteiger partial charge in [0.25, 0.3) is 0 Å². The first-order chi connectivity index (χ1) is 6.04. The predicted octanol–water partition coefficient (Wildman–Crippen LogP) is 1.08. The van der Waals surface area contributed by atoms with E-state index in [-0.39, 0.29) is 0 Å². The van der Waals surface area contributed by atoms with Crippen LogP contribution in [0.1, 0.15) is 11.7 Å². The van der Waals surface area contributed by atoms with Crippen molar-refractivity contribution in [2.45, 2.75) is 6.10 Å². The topological polar surface area (TPSA) is 57.5 Å². The lowest BCUT2D eigenvalue weighted by molar-refractivity contribution is -0.147. The van der Waals surface area contributed by atoms with Gasteiger partial charge in [-0.2, -0.15) is 0 Å². The number of benzene rings is 1. The lowest BCUT2D eigenvalue weighted by Crippen LogP contribution is -2.14. The summed E-state index contributed by atoms with van der Waals surface area (Å²) < 4.78 is 25.6. The van der Waals surface area contributed by atoms with Gasteiger partial charge in [0.05, 0.1) is 5.56 Å². The molecule has 5 heteroatoms. The van der Waals surface area contributed by atoms with Gasteiger partial charge in [-0.1, -0.05) is 6.07 Å². The molecular formula is C8H6F2O3. The first kappa shape index (κ1) is 9.60. The lowest BCUT2D eigenvalue weighted by atomic mass is 10.1. The van der Waals surface area contributed by atoms with Gasteiger partial charge in [0.2, 0.25) is 0 Å². The molecule has 0 bridgehead atoms. The third-order valence-electron chi connectivity index (χ3n) is 1.51. The second-order valence-corrected chi connectivity index (χ2v) is 2.38. The van der Waals surface area contributed by atoms with Gasteiger partial charge in [-0.15, -0.1) is 0 Å². The van der Waals surface area contributed by atoms with E-state index in [0.717, 1.165) is 18.2 Å². The number of halogens is 2. The van der Waals surface area contributed by atoms with Crippen molar-refractivity contribution in [2.24, 2.45) is 0 Å². The molecule has 13 heavy (non-hydrogen) atoms. The summed E-state index contributed by atoms with van der Waals surface area (Å²) in [5, 5.41) is 17.2. The maximum absolute atomic E-state index is 12.8. The number of carboxylic acid groups (broad SMARTS) is 1. The fourth-order valence-electron chi connectivity index (χ4n) is 0.895. The molecule has 0 saturated carbocycles. The van der Waals surface area contributed by atoms with Crippen molar-refractivity contribution in [3.8, 4) is 0 Å². The molecule has 0 spiro atoms. The second kappa shape index (κ2) is 3.49. The Morgan fingerprint density at radius 1 is 1.31 bits per heavy atom. The van der Waals surface area contributed by atoms with Gasteiger partial charge in [-0.25, -0.2) is 13.6 Å². The molecule has 0 aromatic heterocycles. The summed E-state index contributed by atoms with van der Waals surface area (Å²) in [5.41, 5.74) is -0.838. The first-order valence-electron chi connectivity index (χ1n) is 3.39. The highest BCUT2D eigenvalue weighted by Gasteiger charge is 2.23. The lowest BCUT2D eigenvalue weighted by Gasteiger charge is -2.07. The molecule has 0 aliphatic rings. The third-order valence-corrected chi connectivity index (χ3v) is 1.51. The SMILES string of the molecule is O=C(O)C(O)c1c(F)cccc1F. The van der Waals surface area contributed by atoms with Gasteiger partial charge in [-0.05, 0) is 12.1 Å². The highest BCUT2D eigenvalue weighted by Crippen LogP contribution is 2.20. The average Bonchev–Trinajstić information content (AvgIpc) is 2.03. The van der Waals surface area contributed by atoms with Crippen molar-refractivity contribution in [2.75, 3.05) is 0 Å². The summed E-state index contributed by atoms with van der Waals surface area (Å²) >= 11 is 0. The Kier molecular flexibility index (Phi) is 2.57. The zero-order chi connectivity index (χ0) is 10.0. The van der Waals surface area contributed by atoms with Gasteiger partial charge in [0.1, 0.15) is 11.6 Å².